The van der Waals surface area contributed by atoms with Gasteiger partial charge < -0.3 is 10.4 Å². The molecule has 0 radical (unpaired) electrons. The van der Waals surface area contributed by atoms with Crippen molar-refractivity contribution < 1.29 is 14.7 Å². The fourth-order valence-corrected chi connectivity index (χ4v) is 3.53. The zero-order chi connectivity index (χ0) is 14.4. The van der Waals surface area contributed by atoms with Gasteiger partial charge in [-0.15, -0.1) is 0 Å². The zero-order valence-electron chi connectivity index (χ0n) is 12.0. The van der Waals surface area contributed by atoms with Crippen molar-refractivity contribution in [2.24, 2.45) is 17.8 Å². The summed E-state index contributed by atoms with van der Waals surface area (Å²) in [6, 6.07) is 0.151. The Morgan fingerprint density at radius 1 is 1.32 bits per heavy atom. The highest BCUT2D eigenvalue weighted by atomic mass is 32.2. The van der Waals surface area contributed by atoms with E-state index >= 15 is 0 Å². The lowest BCUT2D eigenvalue weighted by atomic mass is 9.95. The number of amides is 1. The minimum Gasteiger partial charge on any atom is -0.481 e. The molecule has 1 amide bonds. The van der Waals surface area contributed by atoms with Crippen LogP contribution in [0.25, 0.3) is 0 Å². The SMILES string of the molecule is CCC1C[C@H](C(=O)NC(CC)CSC)[C@H](C(=O)O)C1. The molecule has 19 heavy (non-hydrogen) atoms. The van der Waals surface area contributed by atoms with Crippen molar-refractivity contribution in [3.63, 3.8) is 0 Å². The van der Waals surface area contributed by atoms with Crippen LogP contribution < -0.4 is 5.32 Å². The molecule has 1 rings (SSSR count). The Morgan fingerprint density at radius 2 is 1.95 bits per heavy atom. The van der Waals surface area contributed by atoms with E-state index in [9.17, 15) is 14.7 Å². The first-order chi connectivity index (χ1) is 9.03. The van der Waals surface area contributed by atoms with E-state index in [1.54, 1.807) is 11.8 Å². The Bertz CT molecular complexity index is 322. The lowest BCUT2D eigenvalue weighted by Gasteiger charge is -2.21. The number of hydrogen-bond acceptors (Lipinski definition) is 3. The zero-order valence-corrected chi connectivity index (χ0v) is 12.8. The van der Waals surface area contributed by atoms with Gasteiger partial charge in [-0.3, -0.25) is 9.59 Å². The van der Waals surface area contributed by atoms with Crippen LogP contribution in [0.15, 0.2) is 0 Å². The van der Waals surface area contributed by atoms with Crippen LogP contribution in [-0.4, -0.2) is 35.0 Å². The number of carboxylic acid groups (broad SMARTS) is 1. The van der Waals surface area contributed by atoms with E-state index in [1.165, 1.54) is 0 Å². The standard InChI is InChI=1S/C14H25NO3S/c1-4-9-6-11(12(7-9)14(17)18)13(16)15-10(5-2)8-19-3/h9-12H,4-8H2,1-3H3,(H,15,16)(H,17,18)/t9?,10?,11-,12+/m0/s1. The highest BCUT2D eigenvalue weighted by molar-refractivity contribution is 7.98. The van der Waals surface area contributed by atoms with Gasteiger partial charge in [0.25, 0.3) is 0 Å². The molecular formula is C14H25NO3S. The molecule has 0 aromatic heterocycles. The fourth-order valence-electron chi connectivity index (χ4n) is 2.81. The van der Waals surface area contributed by atoms with Crippen LogP contribution in [0.2, 0.25) is 0 Å². The molecule has 4 nitrogen and oxygen atoms in total. The Hall–Kier alpha value is -0.710. The molecule has 4 atom stereocenters. The summed E-state index contributed by atoms with van der Waals surface area (Å²) in [5.41, 5.74) is 0. The summed E-state index contributed by atoms with van der Waals surface area (Å²) in [5.74, 6) is -0.491. The molecule has 1 fully saturated rings. The van der Waals surface area contributed by atoms with Crippen molar-refractivity contribution in [1.29, 1.82) is 0 Å². The quantitative estimate of drug-likeness (QED) is 0.754. The first-order valence-corrected chi connectivity index (χ1v) is 8.44. The summed E-state index contributed by atoms with van der Waals surface area (Å²) in [6.07, 6.45) is 5.21. The van der Waals surface area contributed by atoms with Crippen LogP contribution in [0, 0.1) is 17.8 Å². The summed E-state index contributed by atoms with van der Waals surface area (Å²) in [5, 5.41) is 12.3. The van der Waals surface area contributed by atoms with E-state index < -0.39 is 11.9 Å². The van der Waals surface area contributed by atoms with Crippen LogP contribution in [-0.2, 0) is 9.59 Å². The second-order valence-corrected chi connectivity index (χ2v) is 6.28. The second kappa shape index (κ2) is 7.78. The molecule has 1 aliphatic rings. The van der Waals surface area contributed by atoms with E-state index in [0.29, 0.717) is 12.3 Å². The average molecular weight is 287 g/mol. The minimum atomic E-state index is -0.825. The van der Waals surface area contributed by atoms with E-state index in [4.69, 9.17) is 0 Å². The number of rotatable bonds is 7. The largest absolute Gasteiger partial charge is 0.481 e. The number of thioether (sulfide) groups is 1. The molecule has 110 valence electrons. The molecule has 1 saturated carbocycles. The first-order valence-electron chi connectivity index (χ1n) is 7.05. The van der Waals surface area contributed by atoms with Gasteiger partial charge in [-0.1, -0.05) is 20.3 Å². The van der Waals surface area contributed by atoms with Gasteiger partial charge in [-0.2, -0.15) is 11.8 Å². The molecule has 5 heteroatoms. The van der Waals surface area contributed by atoms with Gasteiger partial charge in [0.2, 0.25) is 5.91 Å². The average Bonchev–Trinajstić information content (AvgIpc) is 2.82. The van der Waals surface area contributed by atoms with Gasteiger partial charge in [0.1, 0.15) is 0 Å². The molecule has 2 N–H and O–H groups in total. The number of carbonyl (C=O) groups excluding carboxylic acids is 1. The Labute approximate surface area is 119 Å². The third-order valence-electron chi connectivity index (χ3n) is 4.10. The number of carboxylic acids is 1. The van der Waals surface area contributed by atoms with Crippen molar-refractivity contribution in [3.8, 4) is 0 Å². The van der Waals surface area contributed by atoms with Crippen LogP contribution in [0.5, 0.6) is 0 Å². The predicted molar refractivity (Wildman–Crippen MR) is 78.2 cm³/mol. The number of carbonyl (C=O) groups is 2. The highest BCUT2D eigenvalue weighted by Gasteiger charge is 2.42. The van der Waals surface area contributed by atoms with Crippen LogP contribution in [0.4, 0.5) is 0 Å². The lowest BCUT2D eigenvalue weighted by Crippen LogP contribution is -2.42. The van der Waals surface area contributed by atoms with Crippen LogP contribution in [0.3, 0.4) is 0 Å². The Kier molecular flexibility index (Phi) is 6.69. The second-order valence-electron chi connectivity index (χ2n) is 5.37. The van der Waals surface area contributed by atoms with E-state index in [1.807, 2.05) is 13.2 Å². The fraction of sp³-hybridized carbons (Fsp3) is 0.857. The third-order valence-corrected chi connectivity index (χ3v) is 4.83. The Morgan fingerprint density at radius 3 is 2.42 bits per heavy atom. The maximum Gasteiger partial charge on any atom is 0.307 e. The van der Waals surface area contributed by atoms with Crippen molar-refractivity contribution in [1.82, 2.24) is 5.32 Å². The van der Waals surface area contributed by atoms with Crippen LogP contribution in [0.1, 0.15) is 39.5 Å². The minimum absolute atomic E-state index is 0.0655. The molecule has 0 aromatic rings. The lowest BCUT2D eigenvalue weighted by molar-refractivity contribution is -0.146. The maximum absolute atomic E-state index is 12.3. The molecule has 2 unspecified atom stereocenters. The summed E-state index contributed by atoms with van der Waals surface area (Å²) in [7, 11) is 0. The van der Waals surface area contributed by atoms with Crippen molar-refractivity contribution in [2.45, 2.75) is 45.6 Å². The number of aliphatic carboxylic acids is 1. The molecule has 0 aromatic carbocycles. The highest BCUT2D eigenvalue weighted by Crippen LogP contribution is 2.38. The molecule has 0 spiro atoms. The normalized spacial score (nSPS) is 28.1. The summed E-state index contributed by atoms with van der Waals surface area (Å²) in [6.45, 7) is 4.10. The van der Waals surface area contributed by atoms with Gasteiger partial charge in [0.05, 0.1) is 11.8 Å². The summed E-state index contributed by atoms with van der Waals surface area (Å²) in [4.78, 5) is 23.6. The molecular weight excluding hydrogens is 262 g/mol. The number of nitrogens with one attached hydrogen (secondary N) is 1. The third kappa shape index (κ3) is 4.41. The van der Waals surface area contributed by atoms with Gasteiger partial charge in [-0.05, 0) is 31.4 Å². The van der Waals surface area contributed by atoms with Crippen molar-refractivity contribution in [3.05, 3.63) is 0 Å². The monoisotopic (exact) mass is 287 g/mol. The maximum atomic E-state index is 12.3. The molecule has 1 aliphatic carbocycles. The molecule has 0 bridgehead atoms. The van der Waals surface area contributed by atoms with E-state index in [2.05, 4.69) is 12.2 Å². The van der Waals surface area contributed by atoms with Crippen molar-refractivity contribution >= 4 is 23.6 Å². The smallest absolute Gasteiger partial charge is 0.307 e. The molecule has 0 saturated heterocycles. The topological polar surface area (TPSA) is 66.4 Å². The summed E-state index contributed by atoms with van der Waals surface area (Å²) >= 11 is 1.70. The van der Waals surface area contributed by atoms with Crippen LogP contribution >= 0.6 is 11.8 Å². The predicted octanol–water partition coefficient (Wildman–Crippen LogP) is 2.38. The van der Waals surface area contributed by atoms with E-state index in [0.717, 1.165) is 25.0 Å². The Balaban J connectivity index is 2.65. The van der Waals surface area contributed by atoms with Gasteiger partial charge in [-0.25, -0.2) is 0 Å². The van der Waals surface area contributed by atoms with Crippen molar-refractivity contribution in [2.75, 3.05) is 12.0 Å². The van der Waals surface area contributed by atoms with Gasteiger partial charge in [0, 0.05) is 11.8 Å². The van der Waals surface area contributed by atoms with Gasteiger partial charge in [0.15, 0.2) is 0 Å². The van der Waals surface area contributed by atoms with Gasteiger partial charge >= 0.3 is 5.97 Å². The van der Waals surface area contributed by atoms with E-state index in [-0.39, 0.29) is 17.9 Å². The molecule has 0 aliphatic heterocycles. The first kappa shape index (κ1) is 16.3. The number of hydrogen-bond donors (Lipinski definition) is 2. The summed E-state index contributed by atoms with van der Waals surface area (Å²) < 4.78 is 0. The molecule has 0 heterocycles.